The summed E-state index contributed by atoms with van der Waals surface area (Å²) < 4.78 is 11.0. The maximum absolute atomic E-state index is 5.79. The van der Waals surface area contributed by atoms with Crippen molar-refractivity contribution in [1.82, 2.24) is 10.3 Å². The summed E-state index contributed by atoms with van der Waals surface area (Å²) in [4.78, 5) is 5.90. The number of nitrogens with one attached hydrogen (secondary N) is 1. The first-order chi connectivity index (χ1) is 10.2. The Morgan fingerprint density at radius 1 is 1.33 bits per heavy atom. The third-order valence-electron chi connectivity index (χ3n) is 3.47. The van der Waals surface area contributed by atoms with Crippen LogP contribution in [-0.2, 0) is 13.2 Å². The summed E-state index contributed by atoms with van der Waals surface area (Å²) in [6.45, 7) is 3.49. The number of nitrogens with zero attached hydrogens (tertiary/aromatic N) is 1. The van der Waals surface area contributed by atoms with E-state index < -0.39 is 0 Å². The minimum atomic E-state index is 0.502. The molecule has 21 heavy (non-hydrogen) atoms. The summed E-state index contributed by atoms with van der Waals surface area (Å²) in [7, 11) is 1.66. The zero-order chi connectivity index (χ0) is 14.7. The lowest BCUT2D eigenvalue weighted by Crippen LogP contribution is -2.14. The molecule has 0 atom stereocenters. The minimum absolute atomic E-state index is 0.502. The second-order valence-electron chi connectivity index (χ2n) is 5.24. The number of aromatic nitrogens is 1. The van der Waals surface area contributed by atoms with Crippen molar-refractivity contribution in [2.75, 3.05) is 7.11 Å². The van der Waals surface area contributed by atoms with E-state index in [0.717, 1.165) is 34.8 Å². The Bertz CT molecular complexity index is 608. The Morgan fingerprint density at radius 2 is 2.14 bits per heavy atom. The van der Waals surface area contributed by atoms with Crippen LogP contribution in [0.3, 0.4) is 0 Å². The van der Waals surface area contributed by atoms with Gasteiger partial charge in [-0.25, -0.2) is 4.98 Å². The lowest BCUT2D eigenvalue weighted by atomic mass is 10.3. The molecule has 0 bridgehead atoms. The number of methoxy groups -OCH3 is 1. The molecule has 112 valence electrons. The first kappa shape index (κ1) is 14.4. The smallest absolute Gasteiger partial charge is 0.140 e. The van der Waals surface area contributed by atoms with Gasteiger partial charge < -0.3 is 14.8 Å². The van der Waals surface area contributed by atoms with Crippen LogP contribution in [0.2, 0.25) is 0 Å². The van der Waals surface area contributed by atoms with E-state index in [9.17, 15) is 0 Å². The summed E-state index contributed by atoms with van der Waals surface area (Å²) in [6.07, 6.45) is 2.62. The molecule has 4 nitrogen and oxygen atoms in total. The molecule has 2 aromatic rings. The molecule has 1 fully saturated rings. The molecule has 0 spiro atoms. The number of hydrogen-bond donors (Lipinski definition) is 1. The van der Waals surface area contributed by atoms with Crippen LogP contribution in [0.15, 0.2) is 24.3 Å². The molecular weight excluding hydrogens is 284 g/mol. The van der Waals surface area contributed by atoms with Gasteiger partial charge in [-0.2, -0.15) is 0 Å². The van der Waals surface area contributed by atoms with Crippen LogP contribution >= 0.6 is 11.3 Å². The third-order valence-corrected chi connectivity index (χ3v) is 4.60. The summed E-state index contributed by atoms with van der Waals surface area (Å²) in [5.74, 6) is 1.61. The van der Waals surface area contributed by atoms with Gasteiger partial charge in [0.2, 0.25) is 0 Å². The topological polar surface area (TPSA) is 43.4 Å². The molecule has 1 N–H and O–H groups in total. The largest absolute Gasteiger partial charge is 0.497 e. The van der Waals surface area contributed by atoms with Crippen LogP contribution in [0.1, 0.15) is 28.4 Å². The van der Waals surface area contributed by atoms with Gasteiger partial charge >= 0.3 is 0 Å². The maximum Gasteiger partial charge on any atom is 0.140 e. The van der Waals surface area contributed by atoms with Crippen molar-refractivity contribution >= 4 is 11.3 Å². The summed E-state index contributed by atoms with van der Waals surface area (Å²) >= 11 is 1.73. The number of hydrogen-bond acceptors (Lipinski definition) is 5. The predicted molar refractivity (Wildman–Crippen MR) is 84.0 cm³/mol. The Balaban J connectivity index is 1.57. The van der Waals surface area contributed by atoms with Crippen molar-refractivity contribution in [3.63, 3.8) is 0 Å². The van der Waals surface area contributed by atoms with E-state index in [0.29, 0.717) is 6.61 Å². The number of benzene rings is 1. The van der Waals surface area contributed by atoms with Gasteiger partial charge in [0.15, 0.2) is 0 Å². The number of rotatable bonds is 7. The summed E-state index contributed by atoms with van der Waals surface area (Å²) in [5, 5.41) is 4.55. The molecule has 0 saturated heterocycles. The van der Waals surface area contributed by atoms with Crippen LogP contribution in [0.4, 0.5) is 0 Å². The van der Waals surface area contributed by atoms with E-state index in [1.165, 1.54) is 17.7 Å². The molecule has 3 rings (SSSR count). The lowest BCUT2D eigenvalue weighted by molar-refractivity contribution is 0.303. The SMILES string of the molecule is COc1cccc(OCc2nc(C)c(CNC3CC3)s2)c1. The van der Waals surface area contributed by atoms with E-state index in [1.807, 2.05) is 24.3 Å². The highest BCUT2D eigenvalue weighted by Gasteiger charge is 2.21. The van der Waals surface area contributed by atoms with E-state index in [-0.39, 0.29) is 0 Å². The normalized spacial score (nSPS) is 14.2. The van der Waals surface area contributed by atoms with E-state index in [1.54, 1.807) is 18.4 Å². The zero-order valence-corrected chi connectivity index (χ0v) is 13.2. The molecule has 0 amide bonds. The second-order valence-corrected chi connectivity index (χ2v) is 6.41. The van der Waals surface area contributed by atoms with Crippen LogP contribution in [-0.4, -0.2) is 18.1 Å². The Hall–Kier alpha value is -1.59. The van der Waals surface area contributed by atoms with Crippen molar-refractivity contribution in [2.24, 2.45) is 0 Å². The molecule has 1 aromatic heterocycles. The van der Waals surface area contributed by atoms with Gasteiger partial charge in [0, 0.05) is 23.5 Å². The first-order valence-corrected chi connectivity index (χ1v) is 8.01. The van der Waals surface area contributed by atoms with Crippen LogP contribution in [0.25, 0.3) is 0 Å². The third kappa shape index (κ3) is 3.95. The van der Waals surface area contributed by atoms with Crippen molar-refractivity contribution in [1.29, 1.82) is 0 Å². The number of thiazole rings is 1. The molecule has 1 aliphatic carbocycles. The summed E-state index contributed by atoms with van der Waals surface area (Å²) in [6, 6.07) is 8.37. The molecule has 0 unspecified atom stereocenters. The fourth-order valence-corrected chi connectivity index (χ4v) is 3.01. The predicted octanol–water partition coefficient (Wildman–Crippen LogP) is 3.29. The molecule has 0 radical (unpaired) electrons. The Labute approximate surface area is 129 Å². The Kier molecular flexibility index (Phi) is 4.41. The van der Waals surface area contributed by atoms with Gasteiger partial charge in [0.25, 0.3) is 0 Å². The van der Waals surface area contributed by atoms with Gasteiger partial charge in [-0.05, 0) is 31.9 Å². The average Bonchev–Trinajstić information content (AvgIpc) is 3.27. The monoisotopic (exact) mass is 304 g/mol. The quantitative estimate of drug-likeness (QED) is 0.852. The van der Waals surface area contributed by atoms with Gasteiger partial charge in [-0.1, -0.05) is 6.07 Å². The Morgan fingerprint density at radius 3 is 2.90 bits per heavy atom. The molecule has 5 heteroatoms. The van der Waals surface area contributed by atoms with Crippen molar-refractivity contribution < 1.29 is 9.47 Å². The fraction of sp³-hybridized carbons (Fsp3) is 0.438. The average molecular weight is 304 g/mol. The zero-order valence-electron chi connectivity index (χ0n) is 12.4. The van der Waals surface area contributed by atoms with E-state index in [2.05, 4.69) is 17.2 Å². The van der Waals surface area contributed by atoms with Crippen LogP contribution in [0, 0.1) is 6.92 Å². The first-order valence-electron chi connectivity index (χ1n) is 7.20. The molecular formula is C16H20N2O2S. The van der Waals surface area contributed by atoms with Crippen molar-refractivity contribution in [3.8, 4) is 11.5 Å². The number of ether oxygens (including phenoxy) is 2. The molecule has 1 aliphatic rings. The van der Waals surface area contributed by atoms with Gasteiger partial charge in [0.1, 0.15) is 23.1 Å². The van der Waals surface area contributed by atoms with E-state index >= 15 is 0 Å². The molecule has 1 aromatic carbocycles. The molecule has 1 heterocycles. The van der Waals surface area contributed by atoms with Crippen LogP contribution in [0.5, 0.6) is 11.5 Å². The second kappa shape index (κ2) is 6.45. The van der Waals surface area contributed by atoms with Crippen molar-refractivity contribution in [3.05, 3.63) is 39.8 Å². The molecule has 0 aliphatic heterocycles. The fourth-order valence-electron chi connectivity index (χ4n) is 2.07. The highest BCUT2D eigenvalue weighted by molar-refractivity contribution is 7.11. The van der Waals surface area contributed by atoms with Gasteiger partial charge in [0.05, 0.1) is 12.8 Å². The number of aryl methyl sites for hydroxylation is 1. The van der Waals surface area contributed by atoms with Gasteiger partial charge in [-0.3, -0.25) is 0 Å². The summed E-state index contributed by atoms with van der Waals surface area (Å²) in [5.41, 5.74) is 1.11. The minimum Gasteiger partial charge on any atom is -0.497 e. The maximum atomic E-state index is 5.79. The van der Waals surface area contributed by atoms with E-state index in [4.69, 9.17) is 9.47 Å². The highest BCUT2D eigenvalue weighted by atomic mass is 32.1. The lowest BCUT2D eigenvalue weighted by Gasteiger charge is -2.05. The van der Waals surface area contributed by atoms with Crippen molar-refractivity contribution in [2.45, 2.75) is 39.0 Å². The highest BCUT2D eigenvalue weighted by Crippen LogP contribution is 2.24. The molecule has 1 saturated carbocycles. The standard InChI is InChI=1S/C16H20N2O2S/c1-11-15(9-17-12-6-7-12)21-16(18-11)10-20-14-5-3-4-13(8-14)19-2/h3-5,8,12,17H,6-7,9-10H2,1-2H3. The van der Waals surface area contributed by atoms with Gasteiger partial charge in [-0.15, -0.1) is 11.3 Å². The van der Waals surface area contributed by atoms with Crippen LogP contribution < -0.4 is 14.8 Å².